The fourth-order valence-corrected chi connectivity index (χ4v) is 0. The minimum absolute atomic E-state index is 0.556. The largest absolute Gasteiger partial charge is 0.545 e. The first-order chi connectivity index (χ1) is 5.91. The maximum atomic E-state index is 7.75. The quantitative estimate of drug-likeness (QED) is 0.265. The maximum absolute atomic E-state index is 7.75. The molecule has 74 valence electrons. The van der Waals surface area contributed by atoms with Gasteiger partial charge in [-0.15, -0.1) is 0 Å². The Labute approximate surface area is 84.6 Å². The molecule has 0 aliphatic rings. The molecule has 0 atom stereocenters. The van der Waals surface area contributed by atoms with Crippen molar-refractivity contribution in [2.75, 3.05) is 5.88 Å². The van der Waals surface area contributed by atoms with Gasteiger partial charge in [0, 0.05) is 0 Å². The van der Waals surface area contributed by atoms with Gasteiger partial charge in [-0.2, -0.15) is 0 Å². The molecular weight excluding hydrogens is 227 g/mol. The molecule has 0 aromatic carbocycles. The summed E-state index contributed by atoms with van der Waals surface area (Å²) in [6, 6.07) is 0. The fraction of sp³-hybridized carbons (Fsp3) is 0.167. The van der Waals surface area contributed by atoms with Gasteiger partial charge in [0.15, 0.2) is 0 Å². The van der Waals surface area contributed by atoms with Gasteiger partial charge in [-0.1, -0.05) is 0 Å². The molecule has 0 N–H and O–H groups in total. The third-order valence-electron chi connectivity index (χ3n) is 0.0546. The molecule has 0 aliphatic heterocycles. The molecular formula is C6H7ClFeO4-4. The van der Waals surface area contributed by atoms with Crippen molar-refractivity contribution in [2.24, 2.45) is 0 Å². The third-order valence-corrected chi connectivity index (χ3v) is 0.675. The molecule has 0 spiro atoms. The summed E-state index contributed by atoms with van der Waals surface area (Å²) in [6.07, 6.45) is 0. The van der Waals surface area contributed by atoms with Crippen LogP contribution in [0.15, 0.2) is 0 Å². The first kappa shape index (κ1) is 30.1. The number of rotatable bonds is 1. The summed E-state index contributed by atoms with van der Waals surface area (Å²) in [5.74, 6) is 0.556. The molecule has 0 rings (SSSR count). The summed E-state index contributed by atoms with van der Waals surface area (Å²) >= 11 is 8.42. The predicted molar refractivity (Wildman–Crippen MR) is 43.8 cm³/mol. The van der Waals surface area contributed by atoms with E-state index in [0.717, 1.165) is 0 Å². The van der Waals surface area contributed by atoms with E-state index < -0.39 is 0 Å². The Morgan fingerprint density at radius 2 is 1.00 bits per heavy atom. The van der Waals surface area contributed by atoms with Gasteiger partial charge in [0.25, 0.3) is 0 Å². The Bertz CT molecular complexity index is 57.5. The van der Waals surface area contributed by atoms with E-state index in [-0.39, 0.29) is 0 Å². The molecule has 0 aliphatic carbocycles. The number of halogens is 1. The Morgan fingerprint density at radius 3 is 1.00 bits per heavy atom. The van der Waals surface area contributed by atoms with Crippen LogP contribution in [0.2, 0.25) is 0 Å². The SMILES string of the molecule is ClC[CH]=[Fe].[CH-]=O.[CH-]=O.[CH-]=O.[CH-]=O. The first-order valence-corrected chi connectivity index (χ1v) is 2.99. The minimum Gasteiger partial charge on any atom is -0.545 e. The van der Waals surface area contributed by atoms with E-state index in [2.05, 4.69) is 42.7 Å². The topological polar surface area (TPSA) is 68.3 Å². The second kappa shape index (κ2) is 491. The van der Waals surface area contributed by atoms with Crippen LogP contribution >= 0.6 is 11.6 Å². The summed E-state index contributed by atoms with van der Waals surface area (Å²) in [4.78, 5) is 32.6. The summed E-state index contributed by atoms with van der Waals surface area (Å²) in [5, 5.41) is 0. The van der Waals surface area contributed by atoms with E-state index in [0.29, 0.717) is 5.88 Å². The average Bonchev–Trinajstić information content (AvgIpc) is 2.29. The molecule has 0 saturated heterocycles. The summed E-state index contributed by atoms with van der Waals surface area (Å²) < 4.78 is 0. The van der Waals surface area contributed by atoms with E-state index in [1.807, 2.05) is 0 Å². The van der Waals surface area contributed by atoms with E-state index >= 15 is 0 Å². The van der Waals surface area contributed by atoms with Crippen molar-refractivity contribution >= 4 is 43.7 Å². The zero-order valence-corrected chi connectivity index (χ0v) is 7.82. The molecule has 12 heavy (non-hydrogen) atoms. The Kier molecular flexibility index (Phi) is 1230. The Balaban J connectivity index is -0.0000000181. The molecule has 0 heterocycles. The second-order valence-corrected chi connectivity index (χ2v) is 1.06. The first-order valence-electron chi connectivity index (χ1n) is 1.82. The normalized spacial score (nSPS) is 3.50. The van der Waals surface area contributed by atoms with Crippen LogP contribution in [0.5, 0.6) is 0 Å². The van der Waals surface area contributed by atoms with Crippen LogP contribution in [0.25, 0.3) is 0 Å². The number of alkyl halides is 1. The van der Waals surface area contributed by atoms with Crippen molar-refractivity contribution in [3.05, 3.63) is 0 Å². The van der Waals surface area contributed by atoms with Gasteiger partial charge in [-0.25, -0.2) is 0 Å². The van der Waals surface area contributed by atoms with Crippen LogP contribution in [-0.4, -0.2) is 38.0 Å². The van der Waals surface area contributed by atoms with Gasteiger partial charge in [0.1, 0.15) is 0 Å². The van der Waals surface area contributed by atoms with Crippen LogP contribution in [0.1, 0.15) is 0 Å². The van der Waals surface area contributed by atoms with Crippen LogP contribution in [0.3, 0.4) is 0 Å². The van der Waals surface area contributed by atoms with Crippen molar-refractivity contribution < 1.29 is 34.8 Å². The second-order valence-electron chi connectivity index (χ2n) is 0.299. The van der Waals surface area contributed by atoms with Crippen LogP contribution in [0, 0.1) is 0 Å². The third kappa shape index (κ3) is 5060. The molecule has 0 aromatic rings. The smallest absolute Gasteiger partial charge is 0.282 e. The summed E-state index contributed by atoms with van der Waals surface area (Å²) in [5.41, 5.74) is 0. The number of hydrogen-bond donors (Lipinski definition) is 0. The molecule has 0 amide bonds. The predicted octanol–water partition coefficient (Wildman–Crippen LogP) is -0.522. The van der Waals surface area contributed by atoms with Gasteiger partial charge in [-0.3, -0.25) is 27.2 Å². The minimum atomic E-state index is 0.556. The van der Waals surface area contributed by atoms with E-state index in [1.165, 1.54) is 0 Å². The van der Waals surface area contributed by atoms with Crippen molar-refractivity contribution in [3.8, 4) is 0 Å². The van der Waals surface area contributed by atoms with Crippen molar-refractivity contribution in [1.82, 2.24) is 0 Å². The van der Waals surface area contributed by atoms with Gasteiger partial charge in [0.05, 0.1) is 0 Å². The van der Waals surface area contributed by atoms with Crippen LogP contribution in [-0.2, 0) is 34.8 Å². The van der Waals surface area contributed by atoms with E-state index in [1.54, 1.807) is 4.92 Å². The maximum Gasteiger partial charge on any atom is -0.282 e. The summed E-state index contributed by atoms with van der Waals surface area (Å²) in [7, 11) is 0. The molecule has 0 aromatic heterocycles. The Hall–Kier alpha value is -0.641. The molecule has 0 unspecified atom stereocenters. The fourth-order valence-electron chi connectivity index (χ4n) is 0. The van der Waals surface area contributed by atoms with E-state index in [9.17, 15) is 0 Å². The molecule has 0 fully saturated rings. The van der Waals surface area contributed by atoms with Gasteiger partial charge in [-0.05, 0) is 0 Å². The number of carbonyl (C=O) groups excluding carboxylic acids is 4. The van der Waals surface area contributed by atoms with Crippen molar-refractivity contribution in [3.63, 3.8) is 0 Å². The van der Waals surface area contributed by atoms with Gasteiger partial charge < -0.3 is 19.2 Å². The van der Waals surface area contributed by atoms with Gasteiger partial charge in [0.2, 0.25) is 0 Å². The molecule has 6 heteroatoms. The molecule has 0 radical (unpaired) electrons. The standard InChI is InChI=1S/C2H3Cl.4CHO.Fe/c1-2-3;4*1-2;/h1H,2H2;4*1H;/q;4*-1;. The molecule has 0 saturated carbocycles. The average molecular weight is 234 g/mol. The van der Waals surface area contributed by atoms with Crippen LogP contribution < -0.4 is 0 Å². The van der Waals surface area contributed by atoms with E-state index in [4.69, 9.17) is 30.8 Å². The van der Waals surface area contributed by atoms with Gasteiger partial charge >= 0.3 is 38.0 Å². The van der Waals surface area contributed by atoms with Crippen molar-refractivity contribution in [1.29, 1.82) is 0 Å². The monoisotopic (exact) mass is 234 g/mol. The molecule has 4 nitrogen and oxygen atoms in total. The Morgan fingerprint density at radius 1 is 0.917 bits per heavy atom. The zero-order chi connectivity index (χ0) is 11.4. The summed E-state index contributed by atoms with van der Waals surface area (Å²) in [6.45, 7) is 13.0. The van der Waals surface area contributed by atoms with Crippen molar-refractivity contribution in [2.45, 2.75) is 0 Å². The van der Waals surface area contributed by atoms with Crippen LogP contribution in [0.4, 0.5) is 0 Å². The number of hydrogen-bond acceptors (Lipinski definition) is 4. The zero-order valence-electron chi connectivity index (χ0n) is 5.96. The molecule has 0 bridgehead atoms.